The first-order valence-electron chi connectivity index (χ1n) is 14.8. The molecule has 2 aromatic carbocycles. The number of nitrogens with zero attached hydrogens (tertiary/aromatic N) is 2. The molecule has 0 spiro atoms. The molecule has 1 saturated heterocycles. The maximum Gasteiger partial charge on any atom is 0.251 e. The summed E-state index contributed by atoms with van der Waals surface area (Å²) in [5, 5.41) is 14.3. The van der Waals surface area contributed by atoms with Crippen LogP contribution in [0.2, 0.25) is 0 Å². The number of fused-ring (bicyclic) bond motifs is 1. The predicted octanol–water partition coefficient (Wildman–Crippen LogP) is 3.53. The molecule has 2 aliphatic rings. The van der Waals surface area contributed by atoms with Gasteiger partial charge in [-0.25, -0.2) is 9.37 Å². The maximum absolute atomic E-state index is 13.7. The minimum atomic E-state index is -1.66. The monoisotopic (exact) mass is 606 g/mol. The second kappa shape index (κ2) is 12.8. The molecule has 11 heteroatoms. The molecule has 0 bridgehead atoms. The van der Waals surface area contributed by atoms with E-state index in [1.54, 1.807) is 31.2 Å². The lowest BCUT2D eigenvalue weighted by atomic mass is 9.82. The van der Waals surface area contributed by atoms with Gasteiger partial charge < -0.3 is 30.4 Å². The van der Waals surface area contributed by atoms with Crippen molar-refractivity contribution in [2.75, 3.05) is 46.5 Å². The number of piperidine rings is 1. The van der Waals surface area contributed by atoms with E-state index in [-0.39, 0.29) is 18.8 Å². The number of halogens is 1. The number of aliphatic hydroxyl groups is 1. The number of carbonyl (C=O) groups is 2. The van der Waals surface area contributed by atoms with E-state index in [9.17, 15) is 19.1 Å². The fourth-order valence-electron chi connectivity index (χ4n) is 5.51. The van der Waals surface area contributed by atoms with Crippen molar-refractivity contribution in [2.45, 2.75) is 44.1 Å². The van der Waals surface area contributed by atoms with Gasteiger partial charge in [0.1, 0.15) is 41.5 Å². The zero-order chi connectivity index (χ0) is 31.5. The van der Waals surface area contributed by atoms with Gasteiger partial charge in [-0.15, -0.1) is 0 Å². The standard InChI is InChI=1S/C33H39FN4O6/c1-32(31(35)40)20-44-29-24(32)18-27(37-28(29)21-7-10-23(34)11-8-21)33(2,41)19-36-30(39)22-9-12-25(26(17-22)42-3)43-16-15-38-13-5-4-6-14-38/h7-12,17-18,41H,4-6,13-16,19-20H2,1-3H3,(H2,35,40)(H,36,39)/t32-,33-/m0/s1. The second-order valence-corrected chi connectivity index (χ2v) is 11.8. The molecular formula is C33H39FN4O6. The molecule has 0 unspecified atom stereocenters. The van der Waals surface area contributed by atoms with Crippen LogP contribution in [0.5, 0.6) is 17.2 Å². The number of likely N-dealkylation sites (tertiary alicyclic amines) is 1. The Bertz CT molecular complexity index is 1520. The Kier molecular flexibility index (Phi) is 9.07. The van der Waals surface area contributed by atoms with Crippen LogP contribution in [0.15, 0.2) is 48.5 Å². The van der Waals surface area contributed by atoms with Gasteiger partial charge in [0.05, 0.1) is 19.3 Å². The summed E-state index contributed by atoms with van der Waals surface area (Å²) < 4.78 is 31.0. The summed E-state index contributed by atoms with van der Waals surface area (Å²) >= 11 is 0. The molecule has 1 fully saturated rings. The van der Waals surface area contributed by atoms with E-state index in [2.05, 4.69) is 15.2 Å². The van der Waals surface area contributed by atoms with Crippen LogP contribution < -0.4 is 25.3 Å². The Hall–Kier alpha value is -4.22. The SMILES string of the molecule is COc1cc(C(=O)NC[C@](C)(O)c2cc3c(c(-c4ccc(F)cc4)n2)OC[C@]3(C)C(N)=O)ccc1OCCN1CCCCC1. The van der Waals surface area contributed by atoms with E-state index in [4.69, 9.17) is 19.9 Å². The van der Waals surface area contributed by atoms with Crippen molar-refractivity contribution in [3.8, 4) is 28.5 Å². The van der Waals surface area contributed by atoms with Gasteiger partial charge in [0.2, 0.25) is 5.91 Å². The highest BCUT2D eigenvalue weighted by Gasteiger charge is 2.45. The first-order chi connectivity index (χ1) is 21.0. The number of hydrogen-bond donors (Lipinski definition) is 3. The van der Waals surface area contributed by atoms with Gasteiger partial charge in [0, 0.05) is 23.2 Å². The van der Waals surface area contributed by atoms with E-state index in [0.717, 1.165) is 19.6 Å². The van der Waals surface area contributed by atoms with Gasteiger partial charge in [0.25, 0.3) is 5.91 Å². The Morgan fingerprint density at radius 2 is 1.86 bits per heavy atom. The second-order valence-electron chi connectivity index (χ2n) is 11.8. The number of amides is 2. The van der Waals surface area contributed by atoms with Crippen LogP contribution in [0.3, 0.4) is 0 Å². The molecule has 0 radical (unpaired) electrons. The lowest BCUT2D eigenvalue weighted by Crippen LogP contribution is -2.41. The van der Waals surface area contributed by atoms with Gasteiger partial charge in [0.15, 0.2) is 11.5 Å². The molecule has 1 aromatic heterocycles. The number of carbonyl (C=O) groups excluding carboxylic acids is 2. The Balaban J connectivity index is 1.33. The van der Waals surface area contributed by atoms with Gasteiger partial charge in [-0.2, -0.15) is 0 Å². The molecule has 5 rings (SSSR count). The summed E-state index contributed by atoms with van der Waals surface area (Å²) in [4.78, 5) is 32.6. The number of nitrogens with one attached hydrogen (secondary N) is 1. The zero-order valence-corrected chi connectivity index (χ0v) is 25.3. The molecule has 2 atom stereocenters. The number of nitrogens with two attached hydrogens (primary N) is 1. The highest BCUT2D eigenvalue weighted by Crippen LogP contribution is 2.45. The maximum atomic E-state index is 13.7. The Labute approximate surface area is 256 Å². The Morgan fingerprint density at radius 1 is 1.14 bits per heavy atom. The molecular weight excluding hydrogens is 567 g/mol. The van der Waals surface area contributed by atoms with Crippen LogP contribution in [0.25, 0.3) is 11.3 Å². The largest absolute Gasteiger partial charge is 0.493 e. The van der Waals surface area contributed by atoms with Crippen molar-refractivity contribution in [1.29, 1.82) is 0 Å². The number of methoxy groups -OCH3 is 1. The summed E-state index contributed by atoms with van der Waals surface area (Å²) in [7, 11) is 1.51. The van der Waals surface area contributed by atoms with Crippen LogP contribution in [0.4, 0.5) is 4.39 Å². The van der Waals surface area contributed by atoms with Gasteiger partial charge >= 0.3 is 0 Å². The topological polar surface area (TPSA) is 136 Å². The van der Waals surface area contributed by atoms with E-state index in [1.807, 2.05) is 0 Å². The molecule has 234 valence electrons. The van der Waals surface area contributed by atoms with Crippen LogP contribution in [-0.4, -0.2) is 73.3 Å². The van der Waals surface area contributed by atoms with Crippen LogP contribution in [0.1, 0.15) is 54.7 Å². The third-order valence-corrected chi connectivity index (χ3v) is 8.42. The summed E-state index contributed by atoms with van der Waals surface area (Å²) in [5.74, 6) is -0.144. The van der Waals surface area contributed by atoms with Crippen molar-refractivity contribution in [1.82, 2.24) is 15.2 Å². The van der Waals surface area contributed by atoms with E-state index < -0.39 is 28.6 Å². The average Bonchev–Trinajstić information content (AvgIpc) is 3.38. The van der Waals surface area contributed by atoms with Crippen LogP contribution >= 0.6 is 0 Å². The van der Waals surface area contributed by atoms with Crippen molar-refractivity contribution < 1.29 is 33.3 Å². The fraction of sp³-hybridized carbons (Fsp3) is 0.424. The number of rotatable bonds is 11. The van der Waals surface area contributed by atoms with Gasteiger partial charge in [-0.1, -0.05) is 6.42 Å². The number of pyridine rings is 1. The number of benzene rings is 2. The van der Waals surface area contributed by atoms with Crippen molar-refractivity contribution in [3.05, 3.63) is 71.2 Å². The number of hydrogen-bond acceptors (Lipinski definition) is 8. The molecule has 2 amide bonds. The summed E-state index contributed by atoms with van der Waals surface area (Å²) in [6, 6.07) is 12.2. The fourth-order valence-corrected chi connectivity index (χ4v) is 5.51. The van der Waals surface area contributed by atoms with E-state index >= 15 is 0 Å². The Morgan fingerprint density at radius 3 is 2.55 bits per heavy atom. The molecule has 0 saturated carbocycles. The highest BCUT2D eigenvalue weighted by atomic mass is 19.1. The zero-order valence-electron chi connectivity index (χ0n) is 25.3. The smallest absolute Gasteiger partial charge is 0.251 e. The first kappa shape index (κ1) is 31.2. The van der Waals surface area contributed by atoms with E-state index in [0.29, 0.717) is 46.2 Å². The molecule has 4 N–H and O–H groups in total. The molecule has 2 aliphatic heterocycles. The third-order valence-electron chi connectivity index (χ3n) is 8.42. The van der Waals surface area contributed by atoms with E-state index in [1.165, 1.54) is 57.6 Å². The van der Waals surface area contributed by atoms with Crippen LogP contribution in [0, 0.1) is 5.82 Å². The normalized spacial score (nSPS) is 19.4. The lowest BCUT2D eigenvalue weighted by Gasteiger charge is -2.26. The third kappa shape index (κ3) is 6.48. The summed E-state index contributed by atoms with van der Waals surface area (Å²) in [6.07, 6.45) is 3.69. The number of primary amides is 1. The summed E-state index contributed by atoms with van der Waals surface area (Å²) in [5.41, 5.74) is 4.73. The number of aromatic nitrogens is 1. The average molecular weight is 607 g/mol. The summed E-state index contributed by atoms with van der Waals surface area (Å²) in [6.45, 7) is 6.45. The molecule has 3 aromatic rings. The first-order valence-corrected chi connectivity index (χ1v) is 14.8. The molecule has 44 heavy (non-hydrogen) atoms. The van der Waals surface area contributed by atoms with Crippen molar-refractivity contribution in [2.24, 2.45) is 5.73 Å². The molecule has 3 heterocycles. The minimum absolute atomic E-state index is 0.00429. The lowest BCUT2D eigenvalue weighted by molar-refractivity contribution is -0.123. The minimum Gasteiger partial charge on any atom is -0.493 e. The molecule has 0 aliphatic carbocycles. The van der Waals surface area contributed by atoms with Crippen molar-refractivity contribution >= 4 is 11.8 Å². The number of ether oxygens (including phenoxy) is 3. The predicted molar refractivity (Wildman–Crippen MR) is 162 cm³/mol. The van der Waals surface area contributed by atoms with Gasteiger partial charge in [-0.05, 0) is 88.3 Å². The van der Waals surface area contributed by atoms with Gasteiger partial charge in [-0.3, -0.25) is 14.5 Å². The quantitative estimate of drug-likeness (QED) is 0.302. The molecule has 10 nitrogen and oxygen atoms in total. The van der Waals surface area contributed by atoms with Crippen LogP contribution in [-0.2, 0) is 15.8 Å². The van der Waals surface area contributed by atoms with Crippen molar-refractivity contribution in [3.63, 3.8) is 0 Å². The highest BCUT2D eigenvalue weighted by molar-refractivity contribution is 5.95.